The summed E-state index contributed by atoms with van der Waals surface area (Å²) in [5, 5.41) is 3.73. The molecule has 1 aromatic carbocycles. The molecule has 0 bridgehead atoms. The first-order valence-corrected chi connectivity index (χ1v) is 5.62. The number of para-hydroxylation sites is 1. The number of ether oxygens (including phenoxy) is 2. The second-order valence-electron chi connectivity index (χ2n) is 3.31. The van der Waals surface area contributed by atoms with Crippen molar-refractivity contribution < 1.29 is 18.3 Å². The van der Waals surface area contributed by atoms with Crippen LogP contribution in [0.1, 0.15) is 5.56 Å². The Bertz CT molecular complexity index is 469. The number of nitrogens with one attached hydrogen (secondary N) is 1. The van der Waals surface area contributed by atoms with Crippen molar-refractivity contribution in [2.75, 3.05) is 13.7 Å². The number of thiocarbonyl (C=S) groups is 1. The van der Waals surface area contributed by atoms with Gasteiger partial charge in [0.1, 0.15) is 6.61 Å². The first-order valence-electron chi connectivity index (χ1n) is 5.21. The van der Waals surface area contributed by atoms with Crippen LogP contribution in [-0.4, -0.2) is 31.5 Å². The molecule has 8 heteroatoms. The van der Waals surface area contributed by atoms with Gasteiger partial charge in [-0.2, -0.15) is 5.10 Å². The number of alkyl halides is 2. The average molecular weight is 289 g/mol. The summed E-state index contributed by atoms with van der Waals surface area (Å²) < 4.78 is 34.5. The molecule has 0 saturated carbocycles. The summed E-state index contributed by atoms with van der Waals surface area (Å²) >= 11 is 4.58. The molecular formula is C11H13F2N3O2S. The summed E-state index contributed by atoms with van der Waals surface area (Å²) in [6, 6.07) is 4.91. The maximum Gasteiger partial charge on any atom is 0.272 e. The molecule has 3 N–H and O–H groups in total. The van der Waals surface area contributed by atoms with Gasteiger partial charge in [-0.3, -0.25) is 5.43 Å². The summed E-state index contributed by atoms with van der Waals surface area (Å²) in [6.07, 6.45) is -1.23. The van der Waals surface area contributed by atoms with Crippen LogP contribution in [-0.2, 0) is 0 Å². The van der Waals surface area contributed by atoms with Gasteiger partial charge in [-0.25, -0.2) is 8.78 Å². The fraction of sp³-hybridized carbons (Fsp3) is 0.273. The van der Waals surface area contributed by atoms with Crippen molar-refractivity contribution in [2.24, 2.45) is 10.8 Å². The van der Waals surface area contributed by atoms with Gasteiger partial charge in [0.25, 0.3) is 6.43 Å². The predicted molar refractivity (Wildman–Crippen MR) is 72.0 cm³/mol. The van der Waals surface area contributed by atoms with Crippen molar-refractivity contribution in [1.29, 1.82) is 0 Å². The van der Waals surface area contributed by atoms with Gasteiger partial charge in [-0.15, -0.1) is 0 Å². The van der Waals surface area contributed by atoms with Crippen LogP contribution in [0.25, 0.3) is 0 Å². The Morgan fingerprint density at radius 3 is 2.89 bits per heavy atom. The van der Waals surface area contributed by atoms with E-state index >= 15 is 0 Å². The van der Waals surface area contributed by atoms with Gasteiger partial charge >= 0.3 is 0 Å². The van der Waals surface area contributed by atoms with E-state index < -0.39 is 13.0 Å². The van der Waals surface area contributed by atoms with Crippen LogP contribution in [0.4, 0.5) is 8.78 Å². The highest BCUT2D eigenvalue weighted by Gasteiger charge is 2.12. The van der Waals surface area contributed by atoms with Crippen molar-refractivity contribution in [1.82, 2.24) is 5.43 Å². The van der Waals surface area contributed by atoms with Crippen LogP contribution < -0.4 is 20.6 Å². The number of nitrogens with zero attached hydrogens (tertiary/aromatic N) is 1. The predicted octanol–water partition coefficient (Wildman–Crippen LogP) is 1.51. The SMILES string of the molecule is COc1cccc(C=NNC(N)=S)c1OCC(F)F. The molecule has 0 amide bonds. The van der Waals surface area contributed by atoms with E-state index in [9.17, 15) is 8.78 Å². The molecule has 0 saturated heterocycles. The number of hydrogen-bond donors (Lipinski definition) is 2. The second kappa shape index (κ2) is 7.47. The van der Waals surface area contributed by atoms with Gasteiger partial charge in [-0.1, -0.05) is 6.07 Å². The minimum Gasteiger partial charge on any atom is -0.493 e. The molecule has 5 nitrogen and oxygen atoms in total. The highest BCUT2D eigenvalue weighted by Crippen LogP contribution is 2.30. The van der Waals surface area contributed by atoms with E-state index in [-0.39, 0.29) is 10.9 Å². The highest BCUT2D eigenvalue weighted by atomic mass is 32.1. The van der Waals surface area contributed by atoms with E-state index in [0.717, 1.165) is 0 Å². The van der Waals surface area contributed by atoms with E-state index in [0.29, 0.717) is 11.3 Å². The first kappa shape index (κ1) is 15.1. The van der Waals surface area contributed by atoms with Gasteiger partial charge in [-0.05, 0) is 24.4 Å². The number of benzene rings is 1. The van der Waals surface area contributed by atoms with Gasteiger partial charge in [0.05, 0.1) is 13.3 Å². The molecular weight excluding hydrogens is 276 g/mol. The Kier molecular flexibility index (Phi) is 5.94. The Balaban J connectivity index is 2.94. The monoisotopic (exact) mass is 289 g/mol. The summed E-state index contributed by atoms with van der Waals surface area (Å²) in [5.74, 6) is 0.513. The van der Waals surface area contributed by atoms with Crippen LogP contribution in [0.15, 0.2) is 23.3 Å². The standard InChI is InChI=1S/C11H13F2N3O2S/c1-17-8-4-2-3-7(5-15-16-11(14)19)10(8)18-6-9(12)13/h2-5,9H,6H2,1H3,(H3,14,16,19). The van der Waals surface area contributed by atoms with E-state index in [4.69, 9.17) is 15.2 Å². The molecule has 0 radical (unpaired) electrons. The van der Waals surface area contributed by atoms with Crippen molar-refractivity contribution >= 4 is 23.5 Å². The zero-order valence-corrected chi connectivity index (χ0v) is 10.9. The molecule has 19 heavy (non-hydrogen) atoms. The summed E-state index contributed by atoms with van der Waals surface area (Å²) in [5.41, 5.74) is 8.02. The largest absolute Gasteiger partial charge is 0.493 e. The quantitative estimate of drug-likeness (QED) is 0.472. The molecule has 0 aliphatic carbocycles. The second-order valence-corrected chi connectivity index (χ2v) is 3.75. The Hall–Kier alpha value is -1.96. The minimum atomic E-state index is -2.58. The molecule has 0 aliphatic heterocycles. The molecule has 0 aromatic heterocycles. The number of halogens is 2. The number of hydrazone groups is 1. The van der Waals surface area contributed by atoms with Gasteiger partial charge in [0.15, 0.2) is 16.6 Å². The third-order valence-corrected chi connectivity index (χ3v) is 2.05. The highest BCUT2D eigenvalue weighted by molar-refractivity contribution is 7.80. The van der Waals surface area contributed by atoms with Crippen LogP contribution >= 0.6 is 12.2 Å². The summed E-state index contributed by atoms with van der Waals surface area (Å²) in [6.45, 7) is -0.732. The molecule has 0 spiro atoms. The number of methoxy groups -OCH3 is 1. The third kappa shape index (κ3) is 5.04. The van der Waals surface area contributed by atoms with Crippen molar-refractivity contribution in [3.8, 4) is 11.5 Å². The fourth-order valence-electron chi connectivity index (χ4n) is 1.26. The summed E-state index contributed by atoms with van der Waals surface area (Å²) in [4.78, 5) is 0. The van der Waals surface area contributed by atoms with Crippen molar-refractivity contribution in [3.05, 3.63) is 23.8 Å². The van der Waals surface area contributed by atoms with E-state index in [1.165, 1.54) is 13.3 Å². The smallest absolute Gasteiger partial charge is 0.272 e. The molecule has 0 aliphatic rings. The lowest BCUT2D eigenvalue weighted by atomic mass is 10.2. The molecule has 1 rings (SSSR count). The van der Waals surface area contributed by atoms with Crippen molar-refractivity contribution in [2.45, 2.75) is 6.43 Å². The lowest BCUT2D eigenvalue weighted by molar-refractivity contribution is 0.0804. The van der Waals surface area contributed by atoms with Crippen LogP contribution in [0.3, 0.4) is 0 Å². The fourth-order valence-corrected chi connectivity index (χ4v) is 1.31. The third-order valence-electron chi connectivity index (χ3n) is 1.96. The Labute approximate surface area is 114 Å². The Morgan fingerprint density at radius 2 is 2.32 bits per heavy atom. The van der Waals surface area contributed by atoms with E-state index in [2.05, 4.69) is 22.7 Å². The summed E-state index contributed by atoms with van der Waals surface area (Å²) in [7, 11) is 1.42. The van der Waals surface area contributed by atoms with Gasteiger partial charge in [0, 0.05) is 5.56 Å². The molecule has 0 unspecified atom stereocenters. The molecule has 104 valence electrons. The van der Waals surface area contributed by atoms with E-state index in [1.54, 1.807) is 18.2 Å². The van der Waals surface area contributed by atoms with Gasteiger partial charge < -0.3 is 15.2 Å². The topological polar surface area (TPSA) is 68.9 Å². The van der Waals surface area contributed by atoms with Gasteiger partial charge in [0.2, 0.25) is 0 Å². The zero-order valence-electron chi connectivity index (χ0n) is 10.1. The lowest BCUT2D eigenvalue weighted by Gasteiger charge is -2.12. The first-order chi connectivity index (χ1) is 9.04. The van der Waals surface area contributed by atoms with Crippen LogP contribution in [0, 0.1) is 0 Å². The average Bonchev–Trinajstić information content (AvgIpc) is 2.36. The van der Waals surface area contributed by atoms with Crippen LogP contribution in [0.5, 0.6) is 11.5 Å². The zero-order chi connectivity index (χ0) is 14.3. The van der Waals surface area contributed by atoms with Crippen LogP contribution in [0.2, 0.25) is 0 Å². The number of hydrogen-bond acceptors (Lipinski definition) is 4. The van der Waals surface area contributed by atoms with Crippen molar-refractivity contribution in [3.63, 3.8) is 0 Å². The number of rotatable bonds is 6. The van der Waals surface area contributed by atoms with E-state index in [1.807, 2.05) is 0 Å². The molecule has 1 aromatic rings. The maximum absolute atomic E-state index is 12.2. The number of nitrogens with two attached hydrogens (primary N) is 1. The molecule has 0 heterocycles. The molecule has 0 fully saturated rings. The Morgan fingerprint density at radius 1 is 1.58 bits per heavy atom. The normalized spacial score (nSPS) is 10.7. The molecule has 0 atom stereocenters. The maximum atomic E-state index is 12.2. The lowest BCUT2D eigenvalue weighted by Crippen LogP contribution is -2.24. The minimum absolute atomic E-state index is 0.00538.